The van der Waals surface area contributed by atoms with E-state index >= 15 is 0 Å². The molecule has 3 aromatic carbocycles. The van der Waals surface area contributed by atoms with Crippen molar-refractivity contribution in [2.24, 2.45) is 0 Å². The summed E-state index contributed by atoms with van der Waals surface area (Å²) in [5.74, 6) is 2.32. The van der Waals surface area contributed by atoms with Crippen LogP contribution in [0.2, 0.25) is 0 Å². The van der Waals surface area contributed by atoms with E-state index in [1.807, 2.05) is 27.0 Å². The Balaban J connectivity index is 1.21. The van der Waals surface area contributed by atoms with Crippen LogP contribution < -0.4 is 0 Å². The van der Waals surface area contributed by atoms with Crippen LogP contribution in [0.15, 0.2) is 60.8 Å². The zero-order valence-corrected chi connectivity index (χ0v) is 25.3. The SMILES string of the molecule is CCCC[C@H](C)c1nc2ccc(-c3ccc4cc(-c5cnc([C@@H]6CCCN6C(=O)OC(C)(C)C)[nH]5)ccc4c3)cc2[nH]1. The highest BCUT2D eigenvalue weighted by Crippen LogP contribution is 2.34. The van der Waals surface area contributed by atoms with Crippen LogP contribution in [0, 0.1) is 0 Å². The molecule has 1 aliphatic rings. The van der Waals surface area contributed by atoms with E-state index in [9.17, 15) is 4.79 Å². The van der Waals surface area contributed by atoms with E-state index in [0.717, 1.165) is 53.2 Å². The minimum atomic E-state index is -0.522. The molecule has 0 saturated carbocycles. The molecule has 0 aliphatic carbocycles. The average molecular weight is 564 g/mol. The maximum Gasteiger partial charge on any atom is 0.410 e. The summed E-state index contributed by atoms with van der Waals surface area (Å²) in [6.07, 6.45) is 6.97. The molecule has 0 bridgehead atoms. The van der Waals surface area contributed by atoms with Crippen molar-refractivity contribution >= 4 is 27.9 Å². The van der Waals surface area contributed by atoms with Gasteiger partial charge < -0.3 is 14.7 Å². The molecule has 7 heteroatoms. The molecule has 42 heavy (non-hydrogen) atoms. The summed E-state index contributed by atoms with van der Waals surface area (Å²) in [4.78, 5) is 31.2. The second kappa shape index (κ2) is 11.3. The highest BCUT2D eigenvalue weighted by Gasteiger charge is 2.34. The third kappa shape index (κ3) is 5.78. The number of benzene rings is 3. The van der Waals surface area contributed by atoms with Crippen LogP contribution in [0.4, 0.5) is 4.79 Å². The second-order valence-electron chi connectivity index (χ2n) is 12.7. The zero-order chi connectivity index (χ0) is 29.4. The van der Waals surface area contributed by atoms with Crippen LogP contribution in [0.1, 0.15) is 90.3 Å². The number of imidazole rings is 2. The van der Waals surface area contributed by atoms with Gasteiger partial charge in [-0.1, -0.05) is 57.0 Å². The van der Waals surface area contributed by atoms with E-state index in [4.69, 9.17) is 9.72 Å². The highest BCUT2D eigenvalue weighted by molar-refractivity contribution is 5.91. The number of likely N-dealkylation sites (tertiary alicyclic amines) is 1. The second-order valence-corrected chi connectivity index (χ2v) is 12.7. The molecule has 2 N–H and O–H groups in total. The van der Waals surface area contributed by atoms with E-state index < -0.39 is 5.60 Å². The number of carbonyl (C=O) groups is 1. The first-order valence-electron chi connectivity index (χ1n) is 15.3. The topological polar surface area (TPSA) is 86.9 Å². The van der Waals surface area contributed by atoms with Gasteiger partial charge in [0.15, 0.2) is 0 Å². The Kier molecular flexibility index (Phi) is 7.52. The lowest BCUT2D eigenvalue weighted by atomic mass is 9.99. The molecule has 7 nitrogen and oxygen atoms in total. The molecule has 2 aromatic heterocycles. The summed E-state index contributed by atoms with van der Waals surface area (Å²) in [5.41, 5.74) is 5.96. The summed E-state index contributed by atoms with van der Waals surface area (Å²) in [6.45, 7) is 10.9. The lowest BCUT2D eigenvalue weighted by Gasteiger charge is -2.27. The van der Waals surface area contributed by atoms with Crippen molar-refractivity contribution < 1.29 is 9.53 Å². The summed E-state index contributed by atoms with van der Waals surface area (Å²) in [6, 6.07) is 19.5. The quantitative estimate of drug-likeness (QED) is 0.207. The largest absolute Gasteiger partial charge is 0.444 e. The van der Waals surface area contributed by atoms with E-state index in [2.05, 4.69) is 83.4 Å². The van der Waals surface area contributed by atoms with Gasteiger partial charge in [0, 0.05) is 18.0 Å². The van der Waals surface area contributed by atoms with Gasteiger partial charge in [-0.25, -0.2) is 14.8 Å². The number of H-pyrrole nitrogens is 2. The van der Waals surface area contributed by atoms with Gasteiger partial charge in [0.05, 0.1) is 29.0 Å². The molecule has 3 heterocycles. The first-order valence-corrected chi connectivity index (χ1v) is 15.3. The molecule has 0 radical (unpaired) electrons. The molecular weight excluding hydrogens is 522 g/mol. The number of nitrogens with zero attached hydrogens (tertiary/aromatic N) is 3. The Morgan fingerprint density at radius 2 is 1.74 bits per heavy atom. The van der Waals surface area contributed by atoms with Crippen LogP contribution in [0.5, 0.6) is 0 Å². The average Bonchev–Trinajstić information content (AvgIpc) is 3.73. The standard InChI is InChI=1S/C35H41N5O2/c1-6-7-9-22(2)32-37-28-16-15-26(20-29(28)38-32)24-11-12-25-19-27(14-13-23(25)18-24)30-21-36-33(39-30)31-10-8-17-40(31)34(41)42-35(3,4)5/h11-16,18-22,31H,6-10,17H2,1-5H3,(H,36,39)(H,37,38)/t22-,31-/m0/s1. The molecule has 218 valence electrons. The number of unbranched alkanes of at least 4 members (excludes halogenated alkanes) is 1. The van der Waals surface area contributed by atoms with Crippen molar-refractivity contribution in [3.8, 4) is 22.4 Å². The normalized spacial score (nSPS) is 16.4. The molecule has 2 atom stereocenters. The number of carbonyl (C=O) groups excluding carboxylic acids is 1. The van der Waals surface area contributed by atoms with Crippen LogP contribution in [-0.2, 0) is 4.74 Å². The zero-order valence-electron chi connectivity index (χ0n) is 25.3. The Morgan fingerprint density at radius 3 is 2.50 bits per heavy atom. The molecule has 0 spiro atoms. The number of rotatable bonds is 7. The fourth-order valence-electron chi connectivity index (χ4n) is 5.92. The van der Waals surface area contributed by atoms with E-state index in [-0.39, 0.29) is 12.1 Å². The first kappa shape index (κ1) is 28.0. The molecule has 1 aliphatic heterocycles. The summed E-state index contributed by atoms with van der Waals surface area (Å²) >= 11 is 0. The fourth-order valence-corrected chi connectivity index (χ4v) is 5.92. The first-order chi connectivity index (χ1) is 20.2. The third-order valence-electron chi connectivity index (χ3n) is 8.23. The third-order valence-corrected chi connectivity index (χ3v) is 8.23. The number of fused-ring (bicyclic) bond motifs is 2. The van der Waals surface area contributed by atoms with Crippen molar-refractivity contribution in [2.75, 3.05) is 6.54 Å². The van der Waals surface area contributed by atoms with Crippen LogP contribution in [0.25, 0.3) is 44.2 Å². The number of amides is 1. The fraction of sp³-hybridized carbons (Fsp3) is 0.400. The summed E-state index contributed by atoms with van der Waals surface area (Å²) in [5, 5.41) is 2.35. The van der Waals surface area contributed by atoms with E-state index in [1.165, 1.54) is 34.7 Å². The predicted octanol–water partition coefficient (Wildman–Crippen LogP) is 9.14. The van der Waals surface area contributed by atoms with Crippen LogP contribution in [-0.4, -0.2) is 43.1 Å². The van der Waals surface area contributed by atoms with Crippen molar-refractivity contribution in [2.45, 2.75) is 84.3 Å². The molecule has 1 saturated heterocycles. The number of nitrogens with one attached hydrogen (secondary N) is 2. The molecule has 5 aromatic rings. The minimum Gasteiger partial charge on any atom is -0.444 e. The van der Waals surface area contributed by atoms with Crippen molar-refractivity contribution in [3.05, 3.63) is 72.4 Å². The maximum atomic E-state index is 12.8. The van der Waals surface area contributed by atoms with Crippen molar-refractivity contribution in [3.63, 3.8) is 0 Å². The van der Waals surface area contributed by atoms with E-state index in [1.54, 1.807) is 4.90 Å². The van der Waals surface area contributed by atoms with Gasteiger partial charge in [0.2, 0.25) is 0 Å². The monoisotopic (exact) mass is 563 g/mol. The minimum absolute atomic E-state index is 0.0977. The summed E-state index contributed by atoms with van der Waals surface area (Å²) in [7, 11) is 0. The Morgan fingerprint density at radius 1 is 1.02 bits per heavy atom. The molecular formula is C35H41N5O2. The number of ether oxygens (including phenoxy) is 1. The number of aromatic nitrogens is 4. The predicted molar refractivity (Wildman–Crippen MR) is 169 cm³/mol. The number of aromatic amines is 2. The molecule has 0 unspecified atom stereocenters. The summed E-state index contributed by atoms with van der Waals surface area (Å²) < 4.78 is 5.64. The van der Waals surface area contributed by atoms with Gasteiger partial charge >= 0.3 is 6.09 Å². The van der Waals surface area contributed by atoms with Crippen molar-refractivity contribution in [1.82, 2.24) is 24.8 Å². The lowest BCUT2D eigenvalue weighted by Crippen LogP contribution is -2.36. The molecule has 6 rings (SSSR count). The van der Waals surface area contributed by atoms with Gasteiger partial charge in [-0.3, -0.25) is 4.90 Å². The smallest absolute Gasteiger partial charge is 0.410 e. The Hall–Kier alpha value is -4.13. The Labute approximate surface area is 247 Å². The van der Waals surface area contributed by atoms with Crippen molar-refractivity contribution in [1.29, 1.82) is 0 Å². The number of hydrogen-bond donors (Lipinski definition) is 2. The lowest BCUT2D eigenvalue weighted by molar-refractivity contribution is 0.0218. The van der Waals surface area contributed by atoms with Crippen LogP contribution in [0.3, 0.4) is 0 Å². The van der Waals surface area contributed by atoms with Gasteiger partial charge in [0.1, 0.15) is 17.2 Å². The highest BCUT2D eigenvalue weighted by atomic mass is 16.6. The molecule has 1 fully saturated rings. The van der Waals surface area contributed by atoms with E-state index in [0.29, 0.717) is 12.5 Å². The van der Waals surface area contributed by atoms with Gasteiger partial charge in [-0.15, -0.1) is 0 Å². The van der Waals surface area contributed by atoms with Gasteiger partial charge in [-0.2, -0.15) is 0 Å². The van der Waals surface area contributed by atoms with Gasteiger partial charge in [0.25, 0.3) is 0 Å². The van der Waals surface area contributed by atoms with Crippen LogP contribution >= 0.6 is 0 Å². The van der Waals surface area contributed by atoms with Gasteiger partial charge in [-0.05, 0) is 86.2 Å². The maximum absolute atomic E-state index is 12.8. The Bertz CT molecular complexity index is 1730. The molecule has 1 amide bonds. The number of hydrogen-bond acceptors (Lipinski definition) is 4.